The fraction of sp³-hybridized carbons (Fsp3) is 0.550. The number of imidazole rings is 1. The number of para-hydroxylation sites is 2. The molecule has 1 aliphatic rings. The van der Waals surface area contributed by atoms with E-state index < -0.39 is 0 Å². The average molecular weight is 381 g/mol. The van der Waals surface area contributed by atoms with Crippen molar-refractivity contribution in [2.45, 2.75) is 51.5 Å². The number of rotatable bonds is 7. The lowest BCUT2D eigenvalue weighted by Crippen LogP contribution is -2.37. The number of carbonyl (C=O) groups is 1. The Morgan fingerprint density at radius 3 is 2.79 bits per heavy atom. The molecule has 1 aromatic carbocycles. The summed E-state index contributed by atoms with van der Waals surface area (Å²) >= 11 is 0. The molecule has 0 spiro atoms. The van der Waals surface area contributed by atoms with E-state index in [0.29, 0.717) is 19.5 Å². The Morgan fingerprint density at radius 1 is 1.21 bits per heavy atom. The van der Waals surface area contributed by atoms with Gasteiger partial charge in [0.25, 0.3) is 0 Å². The van der Waals surface area contributed by atoms with Gasteiger partial charge in [0.1, 0.15) is 12.2 Å². The Labute approximate surface area is 164 Å². The summed E-state index contributed by atoms with van der Waals surface area (Å²) in [6.45, 7) is 1.30. The number of benzene rings is 1. The standard InChI is InChI=1S/C20H27N7O/c1-26-17-8-4-3-7-16(17)23-18(26)9-12-21-19(28)13-20(10-5-2-6-11-20)14-27-15-22-24-25-27/h3-4,7-8,15H,2,5-6,9-14H2,1H3,(H,21,28). The summed E-state index contributed by atoms with van der Waals surface area (Å²) in [6, 6.07) is 8.10. The van der Waals surface area contributed by atoms with E-state index in [1.807, 2.05) is 25.2 Å². The Balaban J connectivity index is 1.35. The van der Waals surface area contributed by atoms with Gasteiger partial charge in [0, 0.05) is 26.4 Å². The van der Waals surface area contributed by atoms with Gasteiger partial charge >= 0.3 is 0 Å². The van der Waals surface area contributed by atoms with Crippen molar-refractivity contribution >= 4 is 16.9 Å². The molecule has 1 amide bonds. The highest BCUT2D eigenvalue weighted by molar-refractivity contribution is 5.77. The zero-order valence-corrected chi connectivity index (χ0v) is 16.3. The lowest BCUT2D eigenvalue weighted by atomic mass is 9.71. The molecular formula is C20H27N7O. The zero-order valence-electron chi connectivity index (χ0n) is 16.3. The Bertz CT molecular complexity index is 925. The maximum Gasteiger partial charge on any atom is 0.220 e. The molecule has 0 atom stereocenters. The summed E-state index contributed by atoms with van der Waals surface area (Å²) in [7, 11) is 2.02. The van der Waals surface area contributed by atoms with Crippen LogP contribution in [-0.4, -0.2) is 42.2 Å². The number of hydrogen-bond donors (Lipinski definition) is 1. The van der Waals surface area contributed by atoms with Gasteiger partial charge < -0.3 is 9.88 Å². The second-order valence-electron chi connectivity index (χ2n) is 7.92. The molecule has 148 valence electrons. The van der Waals surface area contributed by atoms with Gasteiger partial charge in [0.05, 0.1) is 17.6 Å². The van der Waals surface area contributed by atoms with E-state index in [9.17, 15) is 4.79 Å². The summed E-state index contributed by atoms with van der Waals surface area (Å²) in [5.74, 6) is 1.09. The van der Waals surface area contributed by atoms with Crippen LogP contribution in [0.25, 0.3) is 11.0 Å². The Hall–Kier alpha value is -2.77. The predicted molar refractivity (Wildman–Crippen MR) is 105 cm³/mol. The Kier molecular flexibility index (Phi) is 5.36. The highest BCUT2D eigenvalue weighted by Crippen LogP contribution is 2.40. The lowest BCUT2D eigenvalue weighted by Gasteiger charge is -2.36. The third kappa shape index (κ3) is 4.05. The summed E-state index contributed by atoms with van der Waals surface area (Å²) in [6.07, 6.45) is 8.54. The van der Waals surface area contributed by atoms with Gasteiger partial charge in [-0.3, -0.25) is 4.79 Å². The SMILES string of the molecule is Cn1c(CCNC(=O)CC2(Cn3cnnn3)CCCCC2)nc2ccccc21. The molecular weight excluding hydrogens is 354 g/mol. The second-order valence-corrected chi connectivity index (χ2v) is 7.92. The van der Waals surface area contributed by atoms with Gasteiger partial charge in [-0.05, 0) is 40.8 Å². The van der Waals surface area contributed by atoms with Gasteiger partial charge in [0.15, 0.2) is 0 Å². The number of hydrogen-bond acceptors (Lipinski definition) is 5. The molecule has 8 nitrogen and oxygen atoms in total. The lowest BCUT2D eigenvalue weighted by molar-refractivity contribution is -0.124. The minimum atomic E-state index is -0.0460. The average Bonchev–Trinajstić information content (AvgIpc) is 3.31. The van der Waals surface area contributed by atoms with E-state index in [1.165, 1.54) is 6.42 Å². The summed E-state index contributed by atoms with van der Waals surface area (Å²) in [4.78, 5) is 17.4. The topological polar surface area (TPSA) is 90.5 Å². The van der Waals surface area contributed by atoms with Crippen LogP contribution in [0.4, 0.5) is 0 Å². The first-order valence-corrected chi connectivity index (χ1v) is 10.0. The molecule has 0 saturated heterocycles. The first-order chi connectivity index (χ1) is 13.7. The number of carbonyl (C=O) groups excluding carboxylic acids is 1. The van der Waals surface area contributed by atoms with Crippen LogP contribution in [0.5, 0.6) is 0 Å². The van der Waals surface area contributed by atoms with Crippen molar-refractivity contribution < 1.29 is 4.79 Å². The van der Waals surface area contributed by atoms with E-state index in [4.69, 9.17) is 0 Å². The third-order valence-corrected chi connectivity index (χ3v) is 5.89. The van der Waals surface area contributed by atoms with E-state index in [-0.39, 0.29) is 11.3 Å². The highest BCUT2D eigenvalue weighted by Gasteiger charge is 2.35. The smallest absolute Gasteiger partial charge is 0.220 e. The minimum Gasteiger partial charge on any atom is -0.356 e. The van der Waals surface area contributed by atoms with E-state index >= 15 is 0 Å². The number of aromatic nitrogens is 6. The van der Waals surface area contributed by atoms with Crippen molar-refractivity contribution in [1.82, 2.24) is 35.1 Å². The van der Waals surface area contributed by atoms with Gasteiger partial charge in [0.2, 0.25) is 5.91 Å². The second kappa shape index (κ2) is 8.08. The minimum absolute atomic E-state index is 0.0460. The van der Waals surface area contributed by atoms with E-state index in [0.717, 1.165) is 49.0 Å². The van der Waals surface area contributed by atoms with Crippen LogP contribution in [0.1, 0.15) is 44.3 Å². The van der Waals surface area contributed by atoms with Crippen molar-refractivity contribution in [3.8, 4) is 0 Å². The number of nitrogens with one attached hydrogen (secondary N) is 1. The Morgan fingerprint density at radius 2 is 2.04 bits per heavy atom. The molecule has 8 heteroatoms. The number of tetrazole rings is 1. The maximum atomic E-state index is 12.7. The van der Waals surface area contributed by atoms with E-state index in [2.05, 4.69) is 36.5 Å². The van der Waals surface area contributed by atoms with Gasteiger partial charge in [-0.25, -0.2) is 9.67 Å². The first kappa shape index (κ1) is 18.6. The van der Waals surface area contributed by atoms with Crippen LogP contribution in [0, 0.1) is 5.41 Å². The van der Waals surface area contributed by atoms with Crippen LogP contribution < -0.4 is 5.32 Å². The van der Waals surface area contributed by atoms with Crippen molar-refractivity contribution in [1.29, 1.82) is 0 Å². The fourth-order valence-electron chi connectivity index (χ4n) is 4.42. The molecule has 0 aliphatic heterocycles. The molecule has 28 heavy (non-hydrogen) atoms. The number of fused-ring (bicyclic) bond motifs is 1. The molecule has 1 N–H and O–H groups in total. The van der Waals surface area contributed by atoms with Crippen LogP contribution in [0.15, 0.2) is 30.6 Å². The summed E-state index contributed by atoms with van der Waals surface area (Å²) < 4.78 is 3.86. The van der Waals surface area contributed by atoms with Crippen LogP contribution in [0.2, 0.25) is 0 Å². The highest BCUT2D eigenvalue weighted by atomic mass is 16.1. The first-order valence-electron chi connectivity index (χ1n) is 10.0. The van der Waals surface area contributed by atoms with Crippen molar-refractivity contribution in [3.63, 3.8) is 0 Å². The fourth-order valence-corrected chi connectivity index (χ4v) is 4.42. The summed E-state index contributed by atoms with van der Waals surface area (Å²) in [5.41, 5.74) is 2.07. The zero-order chi connectivity index (χ0) is 19.4. The van der Waals surface area contributed by atoms with Gasteiger partial charge in [-0.15, -0.1) is 5.10 Å². The van der Waals surface area contributed by atoms with Crippen molar-refractivity contribution in [2.75, 3.05) is 6.54 Å². The molecule has 3 aromatic rings. The number of nitrogens with zero attached hydrogens (tertiary/aromatic N) is 6. The quantitative estimate of drug-likeness (QED) is 0.678. The molecule has 1 aliphatic carbocycles. The predicted octanol–water partition coefficient (Wildman–Crippen LogP) is 2.26. The molecule has 0 radical (unpaired) electrons. The van der Waals surface area contributed by atoms with Crippen molar-refractivity contribution in [3.05, 3.63) is 36.4 Å². The largest absolute Gasteiger partial charge is 0.356 e. The molecule has 2 heterocycles. The summed E-state index contributed by atoms with van der Waals surface area (Å²) in [5, 5.41) is 14.6. The van der Waals surface area contributed by atoms with Crippen LogP contribution in [-0.2, 0) is 24.8 Å². The normalized spacial score (nSPS) is 16.3. The van der Waals surface area contributed by atoms with Crippen molar-refractivity contribution in [2.24, 2.45) is 12.5 Å². The molecule has 4 rings (SSSR count). The molecule has 0 bridgehead atoms. The van der Waals surface area contributed by atoms with Gasteiger partial charge in [-0.2, -0.15) is 0 Å². The molecule has 1 saturated carbocycles. The molecule has 0 unspecified atom stereocenters. The van der Waals surface area contributed by atoms with E-state index in [1.54, 1.807) is 11.0 Å². The monoisotopic (exact) mass is 381 g/mol. The van der Waals surface area contributed by atoms with Gasteiger partial charge in [-0.1, -0.05) is 31.4 Å². The molecule has 1 fully saturated rings. The number of amides is 1. The van der Waals surface area contributed by atoms with Crippen LogP contribution >= 0.6 is 0 Å². The third-order valence-electron chi connectivity index (χ3n) is 5.89. The van der Waals surface area contributed by atoms with Crippen LogP contribution in [0.3, 0.4) is 0 Å². The maximum absolute atomic E-state index is 12.7. The molecule has 2 aromatic heterocycles. The number of aryl methyl sites for hydroxylation is 1.